The summed E-state index contributed by atoms with van der Waals surface area (Å²) in [5.41, 5.74) is -2.07. The molecule has 0 aromatic carbocycles. The first-order chi connectivity index (χ1) is 16.6. The molecule has 0 N–H and O–H groups in total. The van der Waals surface area contributed by atoms with Gasteiger partial charge in [-0.1, -0.05) is 46.8 Å². The van der Waals surface area contributed by atoms with E-state index in [-0.39, 0.29) is 39.3 Å². The second-order valence-electron chi connectivity index (χ2n) is 15.3. The lowest BCUT2D eigenvalue weighted by molar-refractivity contribution is -0.166. The molecule has 2 saturated heterocycles. The number of Topliss-reactive ketones (excluding diaryl/α,β-unsaturated/α-hetero) is 1. The second-order valence-corrected chi connectivity index (χ2v) is 15.3. The van der Waals surface area contributed by atoms with Crippen molar-refractivity contribution in [3.8, 4) is 0 Å². The van der Waals surface area contributed by atoms with E-state index in [2.05, 4.69) is 60.6 Å². The minimum Gasteiger partial charge on any atom is -0.469 e. The van der Waals surface area contributed by atoms with Crippen LogP contribution in [0.25, 0.3) is 0 Å². The van der Waals surface area contributed by atoms with Crippen LogP contribution in [-0.4, -0.2) is 41.3 Å². The van der Waals surface area contributed by atoms with Gasteiger partial charge in [-0.05, 0) is 76.5 Å². The fraction of sp³-hybridized carbons (Fsp3) is 0.871. The molecular formula is C31H46O5. The fourth-order valence-corrected chi connectivity index (χ4v) is 10.2. The third kappa shape index (κ3) is 2.75. The van der Waals surface area contributed by atoms with Crippen LogP contribution < -0.4 is 0 Å². The molecule has 8 atom stereocenters. The molecule has 6 fully saturated rings. The van der Waals surface area contributed by atoms with Crippen molar-refractivity contribution in [2.75, 3.05) is 7.11 Å². The van der Waals surface area contributed by atoms with Crippen molar-refractivity contribution in [2.24, 2.45) is 33.5 Å². The largest absolute Gasteiger partial charge is 0.469 e. The topological polar surface area (TPSA) is 68.4 Å². The van der Waals surface area contributed by atoms with Gasteiger partial charge in [0.25, 0.3) is 0 Å². The molecule has 0 aromatic rings. The number of fused-ring (bicyclic) bond motifs is 6. The Morgan fingerprint density at radius 1 is 0.861 bits per heavy atom. The number of esters is 1. The molecule has 0 bridgehead atoms. The molecule has 0 aromatic heterocycles. The van der Waals surface area contributed by atoms with Crippen LogP contribution in [0.1, 0.15) is 106 Å². The molecule has 6 aliphatic rings. The van der Waals surface area contributed by atoms with E-state index in [0.29, 0.717) is 18.1 Å². The van der Waals surface area contributed by atoms with Crippen molar-refractivity contribution in [3.05, 3.63) is 12.2 Å². The number of carbonyl (C=O) groups is 2. The Morgan fingerprint density at radius 3 is 2.25 bits per heavy atom. The fourth-order valence-electron chi connectivity index (χ4n) is 10.2. The zero-order valence-corrected chi connectivity index (χ0v) is 23.7. The van der Waals surface area contributed by atoms with Crippen molar-refractivity contribution < 1.29 is 23.8 Å². The first kappa shape index (κ1) is 25.1. The highest BCUT2D eigenvalue weighted by Crippen LogP contribution is 2.75. The zero-order chi connectivity index (χ0) is 26.2. The van der Waals surface area contributed by atoms with E-state index in [4.69, 9.17) is 14.2 Å². The lowest BCUT2D eigenvalue weighted by Gasteiger charge is -2.55. The van der Waals surface area contributed by atoms with Crippen molar-refractivity contribution in [3.63, 3.8) is 0 Å². The third-order valence-electron chi connectivity index (χ3n) is 12.7. The second kappa shape index (κ2) is 6.86. The molecule has 5 nitrogen and oxygen atoms in total. The number of ether oxygens (including phenoxy) is 3. The molecule has 6 rings (SSSR count). The SMILES string of the molecule is COC(=O)[C@]12CCC(C)(C)C[C@H]1[C@@]1(/C=C\[C@@]34O[C@]3(C)CC[C@H]3C(C)(C)C(=O)CC[C@@]34C)O[C@@]1(C)CC2. The maximum atomic E-state index is 13.4. The molecule has 0 amide bonds. The van der Waals surface area contributed by atoms with Crippen LogP contribution in [0.4, 0.5) is 0 Å². The summed E-state index contributed by atoms with van der Waals surface area (Å²) in [6.07, 6.45) is 12.7. The molecule has 36 heavy (non-hydrogen) atoms. The number of epoxide rings is 2. The van der Waals surface area contributed by atoms with Crippen molar-refractivity contribution in [1.29, 1.82) is 0 Å². The number of rotatable bonds is 3. The van der Waals surface area contributed by atoms with Crippen LogP contribution in [0.3, 0.4) is 0 Å². The Kier molecular flexibility index (Phi) is 4.78. The van der Waals surface area contributed by atoms with Gasteiger partial charge in [0.1, 0.15) is 17.0 Å². The summed E-state index contributed by atoms with van der Waals surface area (Å²) in [7, 11) is 1.54. The predicted molar refractivity (Wildman–Crippen MR) is 137 cm³/mol. The first-order valence-corrected chi connectivity index (χ1v) is 14.3. The molecule has 200 valence electrons. The monoisotopic (exact) mass is 498 g/mol. The maximum absolute atomic E-state index is 13.4. The van der Waals surface area contributed by atoms with Gasteiger partial charge in [-0.3, -0.25) is 9.59 Å². The van der Waals surface area contributed by atoms with Crippen LogP contribution in [0.2, 0.25) is 0 Å². The minimum absolute atomic E-state index is 0.0590. The van der Waals surface area contributed by atoms with E-state index in [0.717, 1.165) is 51.4 Å². The smallest absolute Gasteiger partial charge is 0.312 e. The van der Waals surface area contributed by atoms with E-state index in [1.807, 2.05) is 0 Å². The van der Waals surface area contributed by atoms with E-state index < -0.39 is 16.6 Å². The summed E-state index contributed by atoms with van der Waals surface area (Å²) in [4.78, 5) is 26.3. The van der Waals surface area contributed by atoms with Crippen molar-refractivity contribution in [2.45, 2.75) is 129 Å². The first-order valence-electron chi connectivity index (χ1n) is 14.3. The average Bonchev–Trinajstić information content (AvgIpc) is 3.65. The van der Waals surface area contributed by atoms with Crippen LogP contribution in [0.15, 0.2) is 12.2 Å². The van der Waals surface area contributed by atoms with Gasteiger partial charge in [-0.25, -0.2) is 0 Å². The molecular weight excluding hydrogens is 452 g/mol. The highest BCUT2D eigenvalue weighted by Gasteiger charge is 2.81. The number of carbonyl (C=O) groups excluding carboxylic acids is 2. The van der Waals surface area contributed by atoms with Gasteiger partial charge in [-0.15, -0.1) is 0 Å². The molecule has 0 spiro atoms. The van der Waals surface area contributed by atoms with Gasteiger partial charge < -0.3 is 14.2 Å². The Bertz CT molecular complexity index is 1060. The average molecular weight is 499 g/mol. The van der Waals surface area contributed by atoms with Crippen LogP contribution in [0, 0.1) is 33.5 Å². The van der Waals surface area contributed by atoms with Gasteiger partial charge in [-0.2, -0.15) is 0 Å². The molecule has 0 radical (unpaired) electrons. The Balaban J connectivity index is 1.42. The molecule has 2 heterocycles. The summed E-state index contributed by atoms with van der Waals surface area (Å²) in [5.74, 6) is 0.722. The van der Waals surface area contributed by atoms with E-state index in [1.54, 1.807) is 0 Å². The molecule has 5 heteroatoms. The Hall–Kier alpha value is -1.20. The lowest BCUT2D eigenvalue weighted by Crippen LogP contribution is -2.58. The Morgan fingerprint density at radius 2 is 1.56 bits per heavy atom. The van der Waals surface area contributed by atoms with E-state index in [9.17, 15) is 9.59 Å². The van der Waals surface area contributed by atoms with Crippen LogP contribution in [0.5, 0.6) is 0 Å². The number of hydrogen-bond donors (Lipinski definition) is 0. The predicted octanol–water partition coefficient (Wildman–Crippen LogP) is 6.18. The van der Waals surface area contributed by atoms with Gasteiger partial charge in [0.15, 0.2) is 0 Å². The van der Waals surface area contributed by atoms with Gasteiger partial charge in [0.05, 0.1) is 23.7 Å². The van der Waals surface area contributed by atoms with Crippen LogP contribution in [-0.2, 0) is 23.8 Å². The summed E-state index contributed by atoms with van der Waals surface area (Å²) >= 11 is 0. The molecule has 4 saturated carbocycles. The summed E-state index contributed by atoms with van der Waals surface area (Å²) < 4.78 is 19.0. The quantitative estimate of drug-likeness (QED) is 0.264. The molecule has 2 aliphatic heterocycles. The maximum Gasteiger partial charge on any atom is 0.312 e. The zero-order valence-electron chi connectivity index (χ0n) is 23.7. The molecule has 4 aliphatic carbocycles. The normalized spacial score (nSPS) is 54.1. The van der Waals surface area contributed by atoms with Crippen molar-refractivity contribution in [1.82, 2.24) is 0 Å². The minimum atomic E-state index is -0.478. The van der Waals surface area contributed by atoms with E-state index in [1.165, 1.54) is 7.11 Å². The number of ketones is 1. The Labute approximate surface area is 217 Å². The lowest BCUT2D eigenvalue weighted by atomic mass is 9.46. The van der Waals surface area contributed by atoms with Gasteiger partial charge in [0, 0.05) is 23.2 Å². The van der Waals surface area contributed by atoms with Gasteiger partial charge >= 0.3 is 5.97 Å². The van der Waals surface area contributed by atoms with E-state index >= 15 is 0 Å². The van der Waals surface area contributed by atoms with Gasteiger partial charge in [0.2, 0.25) is 0 Å². The van der Waals surface area contributed by atoms with Crippen molar-refractivity contribution >= 4 is 11.8 Å². The highest BCUT2D eigenvalue weighted by atomic mass is 16.6. The summed E-state index contributed by atoms with van der Waals surface area (Å²) in [6.45, 7) is 15.8. The molecule has 0 unspecified atom stereocenters. The third-order valence-corrected chi connectivity index (χ3v) is 12.7. The standard InChI is InChI=1S/C31H46O5/c1-24(2)13-15-29(23(33)34-8)16-14-27(6)30(35-27,21(29)19-24)17-18-31-26(5)11-10-22(32)25(3,4)20(26)9-12-28(31,7)36-31/h17-18,20-21H,9-16,19H2,1-8H3/b18-17-/t20-,21+,26-,27-,28+,29-,30+,31-/m0/s1. The summed E-state index contributed by atoms with van der Waals surface area (Å²) in [6, 6.07) is 0. The number of methoxy groups -OCH3 is 1. The highest BCUT2D eigenvalue weighted by molar-refractivity contribution is 5.85. The van der Waals surface area contributed by atoms with Crippen LogP contribution >= 0.6 is 0 Å². The summed E-state index contributed by atoms with van der Waals surface area (Å²) in [5, 5.41) is 0. The number of hydrogen-bond acceptors (Lipinski definition) is 5.